The molecule has 0 saturated heterocycles. The van der Waals surface area contributed by atoms with Crippen molar-refractivity contribution in [3.8, 4) is 0 Å². The lowest BCUT2D eigenvalue weighted by atomic mass is 9.95. The highest BCUT2D eigenvalue weighted by molar-refractivity contribution is 5.73. The predicted molar refractivity (Wildman–Crippen MR) is 60.7 cm³/mol. The number of amidine groups is 1. The number of rotatable bonds is 3. The van der Waals surface area contributed by atoms with Gasteiger partial charge in [-0.3, -0.25) is 0 Å². The summed E-state index contributed by atoms with van der Waals surface area (Å²) in [4.78, 5) is 4.25. The van der Waals surface area contributed by atoms with Crippen molar-refractivity contribution in [2.24, 2.45) is 10.7 Å². The molecule has 0 aromatic heterocycles. The molecule has 1 heterocycles. The molecule has 1 aliphatic heterocycles. The smallest absolute Gasteiger partial charge is 0.282 e. The van der Waals surface area contributed by atoms with Crippen LogP contribution in [0.3, 0.4) is 0 Å². The molecule has 2 N–H and O–H groups in total. The second kappa shape index (κ2) is 4.12. The number of hydrogen-bond donors (Lipinski definition) is 1. The van der Waals surface area contributed by atoms with Gasteiger partial charge < -0.3 is 10.5 Å². The molecule has 0 bridgehead atoms. The first-order valence-corrected chi connectivity index (χ1v) is 5.30. The summed E-state index contributed by atoms with van der Waals surface area (Å²) in [6, 6.07) is 6.80. The molecular formula is C12H15FN2O. The zero-order valence-corrected chi connectivity index (χ0v) is 9.24. The quantitative estimate of drug-likeness (QED) is 0.848. The third-order valence-corrected chi connectivity index (χ3v) is 2.78. The van der Waals surface area contributed by atoms with Gasteiger partial charge in [0.2, 0.25) is 0 Å². The highest BCUT2D eigenvalue weighted by Crippen LogP contribution is 2.23. The molecule has 1 aromatic rings. The van der Waals surface area contributed by atoms with Gasteiger partial charge in [-0.15, -0.1) is 0 Å². The normalized spacial score (nSPS) is 24.0. The summed E-state index contributed by atoms with van der Waals surface area (Å²) in [5, 5.41) is 0. The fraction of sp³-hybridized carbons (Fsp3) is 0.417. The minimum absolute atomic E-state index is 0.207. The third kappa shape index (κ3) is 2.51. The number of aliphatic imine (C=N–C) groups is 1. The Morgan fingerprint density at radius 1 is 1.44 bits per heavy atom. The van der Waals surface area contributed by atoms with E-state index in [1.54, 1.807) is 12.1 Å². The summed E-state index contributed by atoms with van der Waals surface area (Å²) < 4.78 is 17.8. The van der Waals surface area contributed by atoms with Gasteiger partial charge in [0.15, 0.2) is 0 Å². The number of aryl methyl sites for hydroxylation is 1. The number of halogens is 1. The second-order valence-electron chi connectivity index (χ2n) is 4.36. The fourth-order valence-corrected chi connectivity index (χ4v) is 1.75. The lowest BCUT2D eigenvalue weighted by molar-refractivity contribution is 0.255. The Morgan fingerprint density at radius 2 is 2.12 bits per heavy atom. The Morgan fingerprint density at radius 3 is 2.69 bits per heavy atom. The van der Waals surface area contributed by atoms with Crippen molar-refractivity contribution in [2.45, 2.75) is 25.3 Å². The lowest BCUT2D eigenvalue weighted by Gasteiger charge is -2.17. The highest BCUT2D eigenvalue weighted by Gasteiger charge is 2.30. The van der Waals surface area contributed by atoms with E-state index in [9.17, 15) is 4.39 Å². The van der Waals surface area contributed by atoms with E-state index in [1.807, 2.05) is 6.92 Å². The van der Waals surface area contributed by atoms with E-state index in [4.69, 9.17) is 10.5 Å². The lowest BCUT2D eigenvalue weighted by Crippen LogP contribution is -2.24. The Balaban J connectivity index is 1.95. The molecule has 3 nitrogen and oxygen atoms in total. The molecule has 16 heavy (non-hydrogen) atoms. The molecule has 1 atom stereocenters. The number of nitrogens with zero attached hydrogens (tertiary/aromatic N) is 1. The molecular weight excluding hydrogens is 207 g/mol. The van der Waals surface area contributed by atoms with Gasteiger partial charge in [0.05, 0.1) is 5.54 Å². The molecule has 0 amide bonds. The van der Waals surface area contributed by atoms with Crippen LogP contribution in [0, 0.1) is 5.82 Å². The predicted octanol–water partition coefficient (Wildman–Crippen LogP) is 1.86. The van der Waals surface area contributed by atoms with Gasteiger partial charge in [0.1, 0.15) is 12.4 Å². The van der Waals surface area contributed by atoms with Crippen LogP contribution in [-0.2, 0) is 11.2 Å². The molecule has 0 radical (unpaired) electrons. The first-order chi connectivity index (χ1) is 7.57. The zero-order chi connectivity index (χ0) is 11.6. The average Bonchev–Trinajstić information content (AvgIpc) is 2.59. The van der Waals surface area contributed by atoms with E-state index >= 15 is 0 Å². The van der Waals surface area contributed by atoms with E-state index in [-0.39, 0.29) is 17.4 Å². The fourth-order valence-electron chi connectivity index (χ4n) is 1.75. The number of ether oxygens (including phenoxy) is 1. The van der Waals surface area contributed by atoms with Gasteiger partial charge >= 0.3 is 0 Å². The van der Waals surface area contributed by atoms with E-state index in [2.05, 4.69) is 4.99 Å². The van der Waals surface area contributed by atoms with Crippen LogP contribution in [0.5, 0.6) is 0 Å². The molecule has 1 aliphatic rings. The van der Waals surface area contributed by atoms with Crippen LogP contribution < -0.4 is 5.73 Å². The van der Waals surface area contributed by atoms with Crippen molar-refractivity contribution in [1.29, 1.82) is 0 Å². The molecule has 0 fully saturated rings. The Kier molecular flexibility index (Phi) is 2.81. The summed E-state index contributed by atoms with van der Waals surface area (Å²) in [5.74, 6) is -0.207. The van der Waals surface area contributed by atoms with Crippen molar-refractivity contribution < 1.29 is 9.13 Å². The van der Waals surface area contributed by atoms with E-state index in [1.165, 1.54) is 12.1 Å². The van der Waals surface area contributed by atoms with Gasteiger partial charge in [0.25, 0.3) is 6.02 Å². The van der Waals surface area contributed by atoms with Crippen LogP contribution in [0.15, 0.2) is 29.3 Å². The highest BCUT2D eigenvalue weighted by atomic mass is 19.1. The van der Waals surface area contributed by atoms with Crippen molar-refractivity contribution >= 4 is 6.02 Å². The molecule has 2 rings (SSSR count). The summed E-state index contributed by atoms with van der Waals surface area (Å²) >= 11 is 0. The minimum Gasteiger partial charge on any atom is -0.463 e. The van der Waals surface area contributed by atoms with E-state index in [0.29, 0.717) is 6.61 Å². The minimum atomic E-state index is -0.238. The van der Waals surface area contributed by atoms with Crippen molar-refractivity contribution in [3.63, 3.8) is 0 Å². The number of hydrogen-bond acceptors (Lipinski definition) is 3. The maximum absolute atomic E-state index is 12.7. The van der Waals surface area contributed by atoms with Gasteiger partial charge in [-0.1, -0.05) is 12.1 Å². The van der Waals surface area contributed by atoms with Crippen LogP contribution in [0.4, 0.5) is 4.39 Å². The van der Waals surface area contributed by atoms with E-state index in [0.717, 1.165) is 18.4 Å². The monoisotopic (exact) mass is 222 g/mol. The van der Waals surface area contributed by atoms with Crippen LogP contribution in [0.2, 0.25) is 0 Å². The largest absolute Gasteiger partial charge is 0.463 e. The topological polar surface area (TPSA) is 47.6 Å². The van der Waals surface area contributed by atoms with Gasteiger partial charge in [-0.2, -0.15) is 0 Å². The molecule has 0 spiro atoms. The summed E-state index contributed by atoms with van der Waals surface area (Å²) in [6.45, 7) is 2.54. The number of nitrogens with two attached hydrogens (primary N) is 1. The van der Waals surface area contributed by atoms with E-state index < -0.39 is 0 Å². The SMILES string of the molecule is CC1(CCc2ccc(F)cc2)COC(N)=N1. The van der Waals surface area contributed by atoms with Crippen LogP contribution >= 0.6 is 0 Å². The first kappa shape index (κ1) is 10.9. The van der Waals surface area contributed by atoms with Crippen molar-refractivity contribution in [1.82, 2.24) is 0 Å². The molecule has 4 heteroatoms. The third-order valence-electron chi connectivity index (χ3n) is 2.78. The number of benzene rings is 1. The Labute approximate surface area is 94.1 Å². The second-order valence-corrected chi connectivity index (χ2v) is 4.36. The summed E-state index contributed by atoms with van der Waals surface area (Å²) in [5.41, 5.74) is 6.34. The molecule has 1 unspecified atom stereocenters. The Hall–Kier alpha value is -1.58. The first-order valence-electron chi connectivity index (χ1n) is 5.30. The van der Waals surface area contributed by atoms with Gasteiger partial charge in [-0.05, 0) is 37.5 Å². The van der Waals surface area contributed by atoms with Gasteiger partial charge in [-0.25, -0.2) is 9.38 Å². The molecule has 0 saturated carbocycles. The maximum atomic E-state index is 12.7. The van der Waals surface area contributed by atoms with Crippen LogP contribution in [-0.4, -0.2) is 18.2 Å². The summed E-state index contributed by atoms with van der Waals surface area (Å²) in [7, 11) is 0. The zero-order valence-electron chi connectivity index (χ0n) is 9.24. The maximum Gasteiger partial charge on any atom is 0.282 e. The molecule has 86 valence electrons. The molecule has 1 aromatic carbocycles. The molecule has 0 aliphatic carbocycles. The van der Waals surface area contributed by atoms with Crippen LogP contribution in [0.25, 0.3) is 0 Å². The summed E-state index contributed by atoms with van der Waals surface area (Å²) in [6.07, 6.45) is 1.69. The van der Waals surface area contributed by atoms with Crippen LogP contribution in [0.1, 0.15) is 18.9 Å². The standard InChI is InChI=1S/C12H15FN2O/c1-12(8-16-11(14)15-12)7-6-9-2-4-10(13)5-3-9/h2-5H,6-8H2,1H3,(H2,14,15). The Bertz CT molecular complexity index is 402. The average molecular weight is 222 g/mol. The van der Waals surface area contributed by atoms with Crippen molar-refractivity contribution in [2.75, 3.05) is 6.61 Å². The van der Waals surface area contributed by atoms with Gasteiger partial charge in [0, 0.05) is 0 Å². The van der Waals surface area contributed by atoms with Crippen molar-refractivity contribution in [3.05, 3.63) is 35.6 Å².